The highest BCUT2D eigenvalue weighted by Crippen LogP contribution is 2.32. The lowest BCUT2D eigenvalue weighted by molar-refractivity contribution is 0.0956. The highest BCUT2D eigenvalue weighted by atomic mass is 16.1. The molecule has 1 aliphatic heterocycles. The van der Waals surface area contributed by atoms with E-state index in [2.05, 4.69) is 94.7 Å². The smallest absolute Gasteiger partial charge is 0.225 e. The van der Waals surface area contributed by atoms with Crippen LogP contribution in [0, 0.1) is 12.8 Å². The van der Waals surface area contributed by atoms with Crippen LogP contribution in [-0.2, 0) is 6.42 Å². The van der Waals surface area contributed by atoms with E-state index >= 15 is 0 Å². The molecule has 39 heavy (non-hydrogen) atoms. The van der Waals surface area contributed by atoms with Gasteiger partial charge in [0.05, 0.1) is 23.0 Å². The van der Waals surface area contributed by atoms with Crippen molar-refractivity contribution in [1.82, 2.24) is 14.9 Å². The third-order valence-corrected chi connectivity index (χ3v) is 7.89. The number of hydrogen-bond donors (Lipinski definition) is 0. The van der Waals surface area contributed by atoms with Crippen LogP contribution >= 0.6 is 0 Å². The number of fused-ring (bicyclic) bond motifs is 1. The minimum Gasteiger partial charge on any atom is -0.338 e. The van der Waals surface area contributed by atoms with Crippen LogP contribution in [0.4, 0.5) is 5.95 Å². The van der Waals surface area contributed by atoms with Gasteiger partial charge in [0, 0.05) is 32.6 Å². The molecule has 5 nitrogen and oxygen atoms in total. The average Bonchev–Trinajstić information content (AvgIpc) is 2.98. The van der Waals surface area contributed by atoms with Crippen LogP contribution in [-0.4, -0.2) is 46.8 Å². The van der Waals surface area contributed by atoms with E-state index in [9.17, 15) is 4.79 Å². The van der Waals surface area contributed by atoms with Crippen molar-refractivity contribution in [1.29, 1.82) is 0 Å². The van der Waals surface area contributed by atoms with Crippen LogP contribution < -0.4 is 4.90 Å². The standard InChI is InChI=1S/C34H34N4O/c1-25-32-30(23-27(24-31(32)39)18-17-26-11-5-2-6-12-26)36-34(35-25)38-21-19-37(20-22-38)33(28-13-7-3-8-14-28)29-15-9-4-10-16-29/h2-18,27,33H,19-24H2,1H3/b18-17+/t27-/m1/s1. The van der Waals surface area contributed by atoms with Crippen molar-refractivity contribution < 1.29 is 4.79 Å². The van der Waals surface area contributed by atoms with E-state index in [1.165, 1.54) is 11.1 Å². The molecule has 0 unspecified atom stereocenters. The van der Waals surface area contributed by atoms with Crippen LogP contribution in [0.3, 0.4) is 0 Å². The average molecular weight is 515 g/mol. The summed E-state index contributed by atoms with van der Waals surface area (Å²) in [5.74, 6) is 1.06. The molecule has 0 saturated carbocycles. The van der Waals surface area contributed by atoms with Gasteiger partial charge in [0.15, 0.2) is 5.78 Å². The normalized spacial score (nSPS) is 18.1. The Balaban J connectivity index is 1.19. The molecular formula is C34H34N4O. The van der Waals surface area contributed by atoms with Gasteiger partial charge in [-0.2, -0.15) is 0 Å². The number of carbonyl (C=O) groups is 1. The van der Waals surface area contributed by atoms with Crippen molar-refractivity contribution in [2.45, 2.75) is 25.8 Å². The number of Topliss-reactive ketones (excluding diaryl/α,β-unsaturated/α-hetero) is 1. The summed E-state index contributed by atoms with van der Waals surface area (Å²) in [6, 6.07) is 32.0. The zero-order chi connectivity index (χ0) is 26.6. The number of rotatable bonds is 6. The summed E-state index contributed by atoms with van der Waals surface area (Å²) in [6.07, 6.45) is 5.57. The zero-order valence-electron chi connectivity index (χ0n) is 22.4. The minimum absolute atomic E-state index is 0.154. The van der Waals surface area contributed by atoms with Crippen molar-refractivity contribution in [3.05, 3.63) is 131 Å². The van der Waals surface area contributed by atoms with Gasteiger partial charge in [-0.1, -0.05) is 103 Å². The molecule has 196 valence electrons. The number of ketones is 1. The number of aromatic nitrogens is 2. The fourth-order valence-corrected chi connectivity index (χ4v) is 5.94. The Hall–Kier alpha value is -4.09. The van der Waals surface area contributed by atoms with Crippen LogP contribution in [0.1, 0.15) is 50.9 Å². The van der Waals surface area contributed by atoms with E-state index in [1.807, 2.05) is 25.1 Å². The Kier molecular flexibility index (Phi) is 7.33. The van der Waals surface area contributed by atoms with Crippen molar-refractivity contribution >= 4 is 17.8 Å². The number of nitrogens with zero attached hydrogens (tertiary/aromatic N) is 4. The number of carbonyl (C=O) groups excluding carboxylic acids is 1. The van der Waals surface area contributed by atoms with E-state index in [-0.39, 0.29) is 17.7 Å². The SMILES string of the molecule is Cc1nc(N2CCN(C(c3ccccc3)c3ccccc3)CC2)nc2c1C(=O)C[C@H](/C=C/c1ccccc1)C2. The van der Waals surface area contributed by atoms with Crippen LogP contribution in [0.5, 0.6) is 0 Å². The topological polar surface area (TPSA) is 49.3 Å². The molecule has 0 bridgehead atoms. The van der Waals surface area contributed by atoms with Gasteiger partial charge in [0.25, 0.3) is 0 Å². The third kappa shape index (κ3) is 5.55. The molecule has 0 N–H and O–H groups in total. The summed E-state index contributed by atoms with van der Waals surface area (Å²) in [5, 5.41) is 0. The number of benzene rings is 3. The lowest BCUT2D eigenvalue weighted by Crippen LogP contribution is -2.48. The highest BCUT2D eigenvalue weighted by Gasteiger charge is 2.31. The summed E-state index contributed by atoms with van der Waals surface area (Å²) in [6.45, 7) is 5.48. The van der Waals surface area contributed by atoms with Gasteiger partial charge in [0.1, 0.15) is 0 Å². The number of hydrogen-bond acceptors (Lipinski definition) is 5. The Labute approximate surface area is 230 Å². The minimum atomic E-state index is 0.154. The number of anilines is 1. The predicted octanol–water partition coefficient (Wildman–Crippen LogP) is 6.16. The van der Waals surface area contributed by atoms with Crippen molar-refractivity contribution in [2.75, 3.05) is 31.1 Å². The van der Waals surface area contributed by atoms with Gasteiger partial charge in [-0.3, -0.25) is 9.69 Å². The first-order valence-electron chi connectivity index (χ1n) is 13.9. The molecular weight excluding hydrogens is 480 g/mol. The van der Waals surface area contributed by atoms with E-state index in [0.29, 0.717) is 6.42 Å². The number of aryl methyl sites for hydroxylation is 1. The summed E-state index contributed by atoms with van der Waals surface area (Å²) in [4.78, 5) is 27.7. The number of allylic oxidation sites excluding steroid dienone is 1. The molecule has 1 saturated heterocycles. The summed E-state index contributed by atoms with van der Waals surface area (Å²) >= 11 is 0. The quantitative estimate of drug-likeness (QED) is 0.309. The van der Waals surface area contributed by atoms with E-state index in [1.54, 1.807) is 0 Å². The zero-order valence-corrected chi connectivity index (χ0v) is 22.4. The highest BCUT2D eigenvalue weighted by molar-refractivity contribution is 5.99. The van der Waals surface area contributed by atoms with Crippen LogP contribution in [0.25, 0.3) is 6.08 Å². The summed E-state index contributed by atoms with van der Waals surface area (Å²) < 4.78 is 0. The van der Waals surface area contributed by atoms with Gasteiger partial charge in [-0.05, 0) is 36.0 Å². The van der Waals surface area contributed by atoms with Crippen molar-refractivity contribution in [2.24, 2.45) is 5.92 Å². The maximum absolute atomic E-state index is 13.1. The Morgan fingerprint density at radius 3 is 1.97 bits per heavy atom. The molecule has 1 aromatic heterocycles. The van der Waals surface area contributed by atoms with Crippen LogP contribution in [0.2, 0.25) is 0 Å². The third-order valence-electron chi connectivity index (χ3n) is 7.89. The van der Waals surface area contributed by atoms with Gasteiger partial charge in [0.2, 0.25) is 5.95 Å². The van der Waals surface area contributed by atoms with E-state index < -0.39 is 0 Å². The first-order chi connectivity index (χ1) is 19.2. The first kappa shape index (κ1) is 25.2. The lowest BCUT2D eigenvalue weighted by Gasteiger charge is -2.40. The molecule has 2 heterocycles. The molecule has 2 aliphatic rings. The summed E-state index contributed by atoms with van der Waals surface area (Å²) in [5.41, 5.74) is 6.20. The van der Waals surface area contributed by atoms with Gasteiger partial charge in [-0.15, -0.1) is 0 Å². The number of piperazine rings is 1. The molecule has 0 radical (unpaired) electrons. The molecule has 1 aliphatic carbocycles. The van der Waals surface area contributed by atoms with Gasteiger partial charge >= 0.3 is 0 Å². The second kappa shape index (κ2) is 11.3. The monoisotopic (exact) mass is 514 g/mol. The fourth-order valence-electron chi connectivity index (χ4n) is 5.94. The predicted molar refractivity (Wildman–Crippen MR) is 157 cm³/mol. The van der Waals surface area contributed by atoms with Gasteiger partial charge in [-0.25, -0.2) is 9.97 Å². The fraction of sp³-hybridized carbons (Fsp3) is 0.265. The first-order valence-corrected chi connectivity index (χ1v) is 13.9. The molecule has 1 fully saturated rings. The molecule has 0 spiro atoms. The van der Waals surface area contributed by atoms with Crippen molar-refractivity contribution in [3.63, 3.8) is 0 Å². The maximum Gasteiger partial charge on any atom is 0.225 e. The lowest BCUT2D eigenvalue weighted by atomic mass is 9.85. The van der Waals surface area contributed by atoms with Gasteiger partial charge < -0.3 is 4.90 Å². The second-order valence-electron chi connectivity index (χ2n) is 10.5. The Morgan fingerprint density at radius 1 is 0.769 bits per heavy atom. The summed E-state index contributed by atoms with van der Waals surface area (Å²) in [7, 11) is 0. The van der Waals surface area contributed by atoms with E-state index in [0.717, 1.165) is 61.1 Å². The molecule has 5 heteroatoms. The maximum atomic E-state index is 13.1. The molecule has 0 amide bonds. The van der Waals surface area contributed by atoms with E-state index in [4.69, 9.17) is 9.97 Å². The molecule has 4 aromatic rings. The molecule has 1 atom stereocenters. The van der Waals surface area contributed by atoms with Crippen molar-refractivity contribution in [3.8, 4) is 0 Å². The molecule has 3 aromatic carbocycles. The largest absolute Gasteiger partial charge is 0.338 e. The van der Waals surface area contributed by atoms with Crippen LogP contribution in [0.15, 0.2) is 97.1 Å². The Morgan fingerprint density at radius 2 is 1.36 bits per heavy atom. The Bertz CT molecular complexity index is 1410. The molecule has 6 rings (SSSR count). The second-order valence-corrected chi connectivity index (χ2v) is 10.5.